The molecule has 1 aromatic carbocycles. The number of benzene rings is 1. The van der Waals surface area contributed by atoms with Crippen molar-refractivity contribution in [1.29, 1.82) is 0 Å². The Kier molecular flexibility index (Phi) is 8.12. The second-order valence-corrected chi connectivity index (χ2v) is 3.71. The van der Waals surface area contributed by atoms with Crippen LogP contribution in [0.1, 0.15) is 46.4 Å². The molecule has 0 saturated carbocycles. The number of aryl methyl sites for hydroxylation is 2. The molecule has 0 bridgehead atoms. The monoisotopic (exact) mass is 234 g/mol. The minimum absolute atomic E-state index is 1.06. The van der Waals surface area contributed by atoms with Gasteiger partial charge in [0.05, 0.1) is 11.0 Å². The smallest absolute Gasteiger partial charge is 0.106 e. The predicted octanol–water partition coefficient (Wildman–Crippen LogP) is 4.71. The molecular weight excluding hydrogens is 208 g/mol. The van der Waals surface area contributed by atoms with Crippen molar-refractivity contribution in [1.82, 2.24) is 9.55 Å². The highest BCUT2D eigenvalue weighted by atomic mass is 15.0. The van der Waals surface area contributed by atoms with E-state index in [1.165, 1.54) is 18.4 Å². The molecule has 0 spiro atoms. The maximum absolute atomic E-state index is 4.38. The molecule has 0 aliphatic rings. The van der Waals surface area contributed by atoms with Crippen LogP contribution in [-0.4, -0.2) is 9.55 Å². The first-order valence-corrected chi connectivity index (χ1v) is 6.58. The van der Waals surface area contributed by atoms with E-state index in [2.05, 4.69) is 29.5 Å². The van der Waals surface area contributed by atoms with Crippen molar-refractivity contribution in [3.8, 4) is 0 Å². The van der Waals surface area contributed by atoms with E-state index in [-0.39, 0.29) is 0 Å². The number of hydrogen-bond donors (Lipinski definition) is 0. The van der Waals surface area contributed by atoms with Crippen LogP contribution < -0.4 is 0 Å². The number of unbranched alkanes of at least 4 members (excludes halogenated alkanes) is 1. The fourth-order valence-corrected chi connectivity index (χ4v) is 1.27. The van der Waals surface area contributed by atoms with Crippen LogP contribution >= 0.6 is 0 Å². The largest absolute Gasteiger partial charge is 0.331 e. The van der Waals surface area contributed by atoms with Crippen molar-refractivity contribution in [3.05, 3.63) is 30.1 Å². The van der Waals surface area contributed by atoms with Gasteiger partial charge in [0, 0.05) is 7.05 Å². The van der Waals surface area contributed by atoms with Gasteiger partial charge in [-0.05, 0) is 19.1 Å². The van der Waals surface area contributed by atoms with Gasteiger partial charge in [0.1, 0.15) is 5.82 Å². The lowest BCUT2D eigenvalue weighted by atomic mass is 10.3. The van der Waals surface area contributed by atoms with Crippen LogP contribution in [0.4, 0.5) is 0 Å². The number of hydrogen-bond acceptors (Lipinski definition) is 1. The molecule has 1 heterocycles. The first-order valence-electron chi connectivity index (χ1n) is 6.58. The summed E-state index contributed by atoms with van der Waals surface area (Å²) in [6, 6.07) is 8.15. The molecule has 0 unspecified atom stereocenters. The van der Waals surface area contributed by atoms with Crippen molar-refractivity contribution in [2.45, 2.75) is 47.5 Å². The molecule has 2 aromatic rings. The first kappa shape index (κ1) is 15.7. The zero-order valence-corrected chi connectivity index (χ0v) is 12.1. The Bertz CT molecular complexity index is 414. The van der Waals surface area contributed by atoms with E-state index in [4.69, 9.17) is 0 Å². The summed E-state index contributed by atoms with van der Waals surface area (Å²) in [4.78, 5) is 4.38. The van der Waals surface area contributed by atoms with E-state index in [1.54, 1.807) is 0 Å². The van der Waals surface area contributed by atoms with Crippen LogP contribution in [0.2, 0.25) is 0 Å². The van der Waals surface area contributed by atoms with Crippen LogP contribution in [0.15, 0.2) is 24.3 Å². The zero-order valence-electron chi connectivity index (χ0n) is 12.1. The highest BCUT2D eigenvalue weighted by Crippen LogP contribution is 2.12. The van der Waals surface area contributed by atoms with Gasteiger partial charge in [-0.25, -0.2) is 4.98 Å². The molecule has 0 N–H and O–H groups in total. The molecule has 2 rings (SSSR count). The lowest BCUT2D eigenvalue weighted by Gasteiger charge is -1.93. The van der Waals surface area contributed by atoms with E-state index < -0.39 is 0 Å². The second kappa shape index (κ2) is 8.80. The predicted molar refractivity (Wildman–Crippen MR) is 77.4 cm³/mol. The van der Waals surface area contributed by atoms with E-state index in [0.717, 1.165) is 11.3 Å². The summed E-state index contributed by atoms with van der Waals surface area (Å²) < 4.78 is 2.09. The van der Waals surface area contributed by atoms with Crippen LogP contribution in [-0.2, 0) is 7.05 Å². The maximum atomic E-state index is 4.38. The van der Waals surface area contributed by atoms with Crippen LogP contribution in [0, 0.1) is 6.92 Å². The van der Waals surface area contributed by atoms with Crippen LogP contribution in [0.3, 0.4) is 0 Å². The summed E-state index contributed by atoms with van der Waals surface area (Å²) in [5, 5.41) is 0. The SMILES string of the molecule is CC.CCCC.Cc1nc2ccccc2n1C. The fraction of sp³-hybridized carbons (Fsp3) is 0.533. The standard InChI is InChI=1S/C9H10N2.C4H10.C2H6/c1-7-10-8-5-3-4-6-9(8)11(7)2;1-3-4-2;1-2/h3-6H,1-2H3;3-4H2,1-2H3;1-2H3. The maximum Gasteiger partial charge on any atom is 0.106 e. The van der Waals surface area contributed by atoms with Gasteiger partial charge < -0.3 is 4.57 Å². The van der Waals surface area contributed by atoms with Crippen molar-refractivity contribution >= 4 is 11.0 Å². The fourth-order valence-electron chi connectivity index (χ4n) is 1.27. The number of para-hydroxylation sites is 2. The quantitative estimate of drug-likeness (QED) is 0.698. The highest BCUT2D eigenvalue weighted by molar-refractivity contribution is 5.75. The molecule has 0 atom stereocenters. The molecule has 0 fully saturated rings. The molecule has 0 amide bonds. The van der Waals surface area contributed by atoms with Gasteiger partial charge in [0.25, 0.3) is 0 Å². The minimum atomic E-state index is 1.06. The Hall–Kier alpha value is -1.31. The number of nitrogens with zero attached hydrogens (tertiary/aromatic N) is 2. The Morgan fingerprint density at radius 3 is 2.06 bits per heavy atom. The van der Waals surface area contributed by atoms with Crippen molar-refractivity contribution in [2.24, 2.45) is 7.05 Å². The van der Waals surface area contributed by atoms with Gasteiger partial charge in [0.15, 0.2) is 0 Å². The van der Waals surface area contributed by atoms with Crippen LogP contribution in [0.5, 0.6) is 0 Å². The van der Waals surface area contributed by atoms with E-state index in [1.807, 2.05) is 46.0 Å². The minimum Gasteiger partial charge on any atom is -0.331 e. The third-order valence-corrected chi connectivity index (χ3v) is 2.51. The van der Waals surface area contributed by atoms with E-state index >= 15 is 0 Å². The highest BCUT2D eigenvalue weighted by Gasteiger charge is 2.00. The van der Waals surface area contributed by atoms with E-state index in [0.29, 0.717) is 0 Å². The molecule has 0 radical (unpaired) electrons. The summed E-state index contributed by atoms with van der Waals surface area (Å²) in [5.74, 6) is 1.06. The summed E-state index contributed by atoms with van der Waals surface area (Å²) in [7, 11) is 2.03. The molecule has 2 heteroatoms. The topological polar surface area (TPSA) is 17.8 Å². The second-order valence-electron chi connectivity index (χ2n) is 3.71. The third kappa shape index (κ3) is 4.59. The Labute approximate surface area is 106 Å². The van der Waals surface area contributed by atoms with Gasteiger partial charge in [0.2, 0.25) is 0 Å². The Balaban J connectivity index is 0.000000368. The molecule has 2 nitrogen and oxygen atoms in total. The molecule has 0 aliphatic heterocycles. The van der Waals surface area contributed by atoms with Gasteiger partial charge in [-0.3, -0.25) is 0 Å². The number of rotatable bonds is 1. The molecule has 96 valence electrons. The molecular formula is C15H26N2. The number of fused-ring (bicyclic) bond motifs is 1. The molecule has 0 saturated heterocycles. The van der Waals surface area contributed by atoms with Gasteiger partial charge >= 0.3 is 0 Å². The first-order chi connectivity index (χ1) is 8.20. The van der Waals surface area contributed by atoms with Gasteiger partial charge in [-0.1, -0.05) is 52.7 Å². The van der Waals surface area contributed by atoms with E-state index in [9.17, 15) is 0 Å². The zero-order chi connectivity index (χ0) is 13.3. The normalized spacial score (nSPS) is 9.06. The average Bonchev–Trinajstić information content (AvgIpc) is 2.68. The number of aromatic nitrogens is 2. The van der Waals surface area contributed by atoms with Crippen LogP contribution in [0.25, 0.3) is 11.0 Å². The molecule has 17 heavy (non-hydrogen) atoms. The van der Waals surface area contributed by atoms with Gasteiger partial charge in [-0.2, -0.15) is 0 Å². The lowest BCUT2D eigenvalue weighted by molar-refractivity contribution is 0.886. The van der Waals surface area contributed by atoms with Gasteiger partial charge in [-0.15, -0.1) is 0 Å². The van der Waals surface area contributed by atoms with Crippen molar-refractivity contribution in [2.75, 3.05) is 0 Å². The summed E-state index contributed by atoms with van der Waals surface area (Å²) in [5.41, 5.74) is 2.28. The van der Waals surface area contributed by atoms with Crippen molar-refractivity contribution < 1.29 is 0 Å². The average molecular weight is 234 g/mol. The lowest BCUT2D eigenvalue weighted by Crippen LogP contribution is -1.89. The summed E-state index contributed by atoms with van der Waals surface area (Å²) in [6.07, 6.45) is 2.64. The Morgan fingerprint density at radius 2 is 1.59 bits per heavy atom. The molecule has 1 aromatic heterocycles. The van der Waals surface area contributed by atoms with Crippen molar-refractivity contribution in [3.63, 3.8) is 0 Å². The molecule has 0 aliphatic carbocycles. The number of imidazole rings is 1. The summed E-state index contributed by atoms with van der Waals surface area (Å²) in [6.45, 7) is 10.4. The Morgan fingerprint density at radius 1 is 1.06 bits per heavy atom. The third-order valence-electron chi connectivity index (χ3n) is 2.51. The summed E-state index contributed by atoms with van der Waals surface area (Å²) >= 11 is 0.